The quantitative estimate of drug-likeness (QED) is 0.509. The van der Waals surface area contributed by atoms with Crippen LogP contribution in [0.25, 0.3) is 0 Å². The molecule has 0 aromatic heterocycles. The molecule has 0 saturated heterocycles. The molecule has 0 radical (unpaired) electrons. The maximum Gasteiger partial charge on any atom is 0.264 e. The Morgan fingerprint density at radius 3 is 2.35 bits per heavy atom. The van der Waals surface area contributed by atoms with Crippen LogP contribution in [0, 0.1) is 6.92 Å². The lowest BCUT2D eigenvalue weighted by atomic mass is 10.2. The largest absolute Gasteiger partial charge is 0.495 e. The number of hydrogen-bond donors (Lipinski definition) is 1. The Morgan fingerprint density at radius 2 is 1.74 bits per heavy atom. The van der Waals surface area contributed by atoms with Crippen LogP contribution < -0.4 is 14.4 Å². The third-order valence-electron chi connectivity index (χ3n) is 4.41. The van der Waals surface area contributed by atoms with Crippen molar-refractivity contribution in [3.8, 4) is 5.75 Å². The van der Waals surface area contributed by atoms with Gasteiger partial charge < -0.3 is 10.1 Å². The first-order chi connectivity index (χ1) is 14.7. The highest BCUT2D eigenvalue weighted by Gasteiger charge is 2.27. The first kappa shape index (κ1) is 22.9. The van der Waals surface area contributed by atoms with Crippen molar-refractivity contribution in [2.24, 2.45) is 0 Å². The number of aryl methyl sites for hydroxylation is 1. The highest BCUT2D eigenvalue weighted by atomic mass is 35.5. The summed E-state index contributed by atoms with van der Waals surface area (Å²) in [6.45, 7) is 1.41. The molecule has 31 heavy (non-hydrogen) atoms. The predicted octanol–water partition coefficient (Wildman–Crippen LogP) is 5.14. The number of amides is 1. The maximum absolute atomic E-state index is 13.3. The fourth-order valence-electron chi connectivity index (χ4n) is 2.91. The van der Waals surface area contributed by atoms with Crippen LogP contribution in [0.1, 0.15) is 5.56 Å². The number of nitrogens with one attached hydrogen (secondary N) is 1. The minimum absolute atomic E-state index is 0.0266. The molecule has 0 aliphatic heterocycles. The van der Waals surface area contributed by atoms with E-state index in [1.54, 1.807) is 30.3 Å². The molecule has 9 heteroatoms. The number of carbonyl (C=O) groups excluding carboxylic acids is 1. The molecule has 1 N–H and O–H groups in total. The average Bonchev–Trinajstić information content (AvgIpc) is 2.72. The van der Waals surface area contributed by atoms with Crippen molar-refractivity contribution in [2.75, 3.05) is 23.3 Å². The summed E-state index contributed by atoms with van der Waals surface area (Å²) in [5.41, 5.74) is 1.65. The van der Waals surface area contributed by atoms with Gasteiger partial charge in [0.15, 0.2) is 0 Å². The van der Waals surface area contributed by atoms with E-state index in [4.69, 9.17) is 27.9 Å². The van der Waals surface area contributed by atoms with E-state index in [1.165, 1.54) is 37.4 Å². The number of benzene rings is 3. The van der Waals surface area contributed by atoms with E-state index in [0.717, 1.165) is 9.87 Å². The van der Waals surface area contributed by atoms with Crippen LogP contribution in [0.3, 0.4) is 0 Å². The van der Waals surface area contributed by atoms with E-state index in [-0.39, 0.29) is 4.90 Å². The number of rotatable bonds is 7. The summed E-state index contributed by atoms with van der Waals surface area (Å²) >= 11 is 12.0. The minimum Gasteiger partial charge on any atom is -0.495 e. The molecule has 0 atom stereocenters. The van der Waals surface area contributed by atoms with Gasteiger partial charge in [-0.05, 0) is 67.1 Å². The van der Waals surface area contributed by atoms with Crippen LogP contribution in [0.4, 0.5) is 11.4 Å². The molecule has 0 unspecified atom stereocenters. The summed E-state index contributed by atoms with van der Waals surface area (Å²) in [4.78, 5) is 12.8. The Balaban J connectivity index is 1.92. The molecular formula is C22H20Cl2N2O4S. The molecule has 3 aromatic carbocycles. The molecule has 0 bridgehead atoms. The van der Waals surface area contributed by atoms with Gasteiger partial charge in [-0.15, -0.1) is 0 Å². The van der Waals surface area contributed by atoms with E-state index < -0.39 is 22.5 Å². The van der Waals surface area contributed by atoms with Crippen molar-refractivity contribution in [3.05, 3.63) is 82.3 Å². The standard InChI is InChI=1S/C22H20Cl2N2O4S/c1-15-4-3-5-18(12-15)26(31(28,29)19-9-6-16(23)7-10-19)14-22(27)25-17-8-11-21(30-2)20(24)13-17/h3-13H,14H2,1-2H3,(H,25,27). The van der Waals surface area contributed by atoms with Gasteiger partial charge >= 0.3 is 0 Å². The SMILES string of the molecule is COc1ccc(NC(=O)CN(c2cccc(C)c2)S(=O)(=O)c2ccc(Cl)cc2)cc1Cl. The van der Waals surface area contributed by atoms with Gasteiger partial charge in [-0.25, -0.2) is 8.42 Å². The van der Waals surface area contributed by atoms with Crippen LogP contribution in [-0.4, -0.2) is 28.0 Å². The first-order valence-electron chi connectivity index (χ1n) is 9.19. The minimum atomic E-state index is -4.03. The molecular weight excluding hydrogens is 459 g/mol. The van der Waals surface area contributed by atoms with E-state index in [0.29, 0.717) is 27.2 Å². The second-order valence-corrected chi connectivity index (χ2v) is 9.41. The highest BCUT2D eigenvalue weighted by Crippen LogP contribution is 2.28. The fraction of sp³-hybridized carbons (Fsp3) is 0.136. The zero-order chi connectivity index (χ0) is 22.6. The normalized spacial score (nSPS) is 11.1. The molecule has 0 saturated carbocycles. The monoisotopic (exact) mass is 478 g/mol. The smallest absolute Gasteiger partial charge is 0.264 e. The van der Waals surface area contributed by atoms with E-state index >= 15 is 0 Å². The van der Waals surface area contributed by atoms with Gasteiger partial charge in [0.2, 0.25) is 5.91 Å². The van der Waals surface area contributed by atoms with Crippen LogP contribution in [0.5, 0.6) is 5.75 Å². The van der Waals surface area contributed by atoms with Crippen molar-refractivity contribution < 1.29 is 17.9 Å². The molecule has 0 heterocycles. The second kappa shape index (κ2) is 9.60. The third-order valence-corrected chi connectivity index (χ3v) is 6.75. The number of sulfonamides is 1. The van der Waals surface area contributed by atoms with Gasteiger partial charge in [-0.2, -0.15) is 0 Å². The molecule has 3 rings (SSSR count). The van der Waals surface area contributed by atoms with Gasteiger partial charge in [0.25, 0.3) is 10.0 Å². The summed E-state index contributed by atoms with van der Waals surface area (Å²) < 4.78 is 32.9. The summed E-state index contributed by atoms with van der Waals surface area (Å²) in [6, 6.07) is 17.5. The van der Waals surface area contributed by atoms with Crippen LogP contribution >= 0.6 is 23.2 Å². The predicted molar refractivity (Wildman–Crippen MR) is 124 cm³/mol. The van der Waals surface area contributed by atoms with Crippen LogP contribution in [-0.2, 0) is 14.8 Å². The average molecular weight is 479 g/mol. The highest BCUT2D eigenvalue weighted by molar-refractivity contribution is 7.92. The first-order valence-corrected chi connectivity index (χ1v) is 11.4. The van der Waals surface area contributed by atoms with Crippen LogP contribution in [0.15, 0.2) is 71.6 Å². The van der Waals surface area contributed by atoms with E-state index in [1.807, 2.05) is 13.0 Å². The lowest BCUT2D eigenvalue weighted by molar-refractivity contribution is -0.114. The van der Waals surface area contributed by atoms with Gasteiger partial charge in [0.1, 0.15) is 12.3 Å². The molecule has 0 aliphatic rings. The Bertz CT molecular complexity index is 1200. The van der Waals surface area contributed by atoms with Crippen molar-refractivity contribution in [1.29, 1.82) is 0 Å². The summed E-state index contributed by atoms with van der Waals surface area (Å²) in [5.74, 6) is -0.0633. The van der Waals surface area contributed by atoms with Gasteiger partial charge in [0, 0.05) is 10.7 Å². The Labute approximate surface area is 191 Å². The number of methoxy groups -OCH3 is 1. The van der Waals surface area contributed by atoms with Gasteiger partial charge in [-0.1, -0.05) is 35.3 Å². The number of nitrogens with zero attached hydrogens (tertiary/aromatic N) is 1. The summed E-state index contributed by atoms with van der Waals surface area (Å²) in [5, 5.41) is 3.41. The molecule has 6 nitrogen and oxygen atoms in total. The topological polar surface area (TPSA) is 75.7 Å². The van der Waals surface area contributed by atoms with Gasteiger partial charge in [-0.3, -0.25) is 9.10 Å². The Kier molecular flexibility index (Phi) is 7.10. The number of carbonyl (C=O) groups is 1. The van der Waals surface area contributed by atoms with Gasteiger partial charge in [0.05, 0.1) is 22.7 Å². The Hall–Kier alpha value is -2.74. The fourth-order valence-corrected chi connectivity index (χ4v) is 4.70. The lowest BCUT2D eigenvalue weighted by Gasteiger charge is -2.24. The summed E-state index contributed by atoms with van der Waals surface area (Å²) in [7, 11) is -2.54. The van der Waals surface area contributed by atoms with Crippen molar-refractivity contribution in [2.45, 2.75) is 11.8 Å². The lowest BCUT2D eigenvalue weighted by Crippen LogP contribution is -2.38. The molecule has 1 amide bonds. The zero-order valence-corrected chi connectivity index (χ0v) is 19.1. The summed E-state index contributed by atoms with van der Waals surface area (Å²) in [6.07, 6.45) is 0. The number of halogens is 2. The second-order valence-electron chi connectivity index (χ2n) is 6.70. The number of ether oxygens (including phenoxy) is 1. The molecule has 0 spiro atoms. The molecule has 162 valence electrons. The number of anilines is 2. The van der Waals surface area contributed by atoms with E-state index in [2.05, 4.69) is 5.32 Å². The maximum atomic E-state index is 13.3. The molecule has 0 fully saturated rings. The zero-order valence-electron chi connectivity index (χ0n) is 16.8. The number of hydrogen-bond acceptors (Lipinski definition) is 4. The van der Waals surface area contributed by atoms with Crippen molar-refractivity contribution >= 4 is 50.5 Å². The van der Waals surface area contributed by atoms with E-state index in [9.17, 15) is 13.2 Å². The van der Waals surface area contributed by atoms with Crippen molar-refractivity contribution in [1.82, 2.24) is 0 Å². The Morgan fingerprint density at radius 1 is 1.03 bits per heavy atom. The van der Waals surface area contributed by atoms with Crippen LogP contribution in [0.2, 0.25) is 10.0 Å². The molecule has 0 aliphatic carbocycles. The third kappa shape index (κ3) is 5.50. The molecule has 3 aromatic rings. The van der Waals surface area contributed by atoms with Crippen molar-refractivity contribution in [3.63, 3.8) is 0 Å².